The van der Waals surface area contributed by atoms with Gasteiger partial charge in [0.15, 0.2) is 0 Å². The number of fused-ring (bicyclic) bond motifs is 1. The second-order valence-corrected chi connectivity index (χ2v) is 5.95. The summed E-state index contributed by atoms with van der Waals surface area (Å²) in [5, 5.41) is 7.23. The number of benzene rings is 1. The van der Waals surface area contributed by atoms with E-state index in [-0.39, 0.29) is 11.8 Å². The Kier molecular flexibility index (Phi) is 3.75. The number of rotatable bonds is 3. The van der Waals surface area contributed by atoms with Gasteiger partial charge < -0.3 is 10.6 Å². The first-order valence-electron chi connectivity index (χ1n) is 6.66. The number of nitrogens with one attached hydrogen (secondary N) is 2. The Morgan fingerprint density at radius 1 is 1.47 bits per heavy atom. The Labute approximate surface area is 116 Å². The summed E-state index contributed by atoms with van der Waals surface area (Å²) in [6, 6.07) is 8.06. The van der Waals surface area contributed by atoms with Crippen molar-refractivity contribution in [2.75, 3.05) is 13.1 Å². The first-order valence-corrected chi connectivity index (χ1v) is 7.47. The van der Waals surface area contributed by atoms with Crippen LogP contribution in [0.25, 0.3) is 10.2 Å². The van der Waals surface area contributed by atoms with Crippen molar-refractivity contribution >= 4 is 27.5 Å². The molecule has 2 aromatic rings. The van der Waals surface area contributed by atoms with Crippen LogP contribution in [0.5, 0.6) is 0 Å². The van der Waals surface area contributed by atoms with E-state index in [1.54, 1.807) is 11.3 Å². The van der Waals surface area contributed by atoms with Gasteiger partial charge in [0.2, 0.25) is 5.91 Å². The van der Waals surface area contributed by atoms with E-state index in [1.165, 1.54) is 4.70 Å². The average molecular weight is 275 g/mol. The second-order valence-electron chi connectivity index (χ2n) is 4.84. The largest absolute Gasteiger partial charge is 0.349 e. The fourth-order valence-corrected chi connectivity index (χ4v) is 3.29. The fraction of sp³-hybridized carbons (Fsp3) is 0.429. The Hall–Kier alpha value is -1.46. The molecule has 5 heteroatoms. The van der Waals surface area contributed by atoms with Crippen molar-refractivity contribution < 1.29 is 4.79 Å². The standard InChI is InChI=1S/C14H17N3OS/c18-14(10-4-3-7-15-8-10)16-9-13-17-11-5-1-2-6-12(11)19-13/h1-2,5-6,10,15H,3-4,7-9H2,(H,16,18)/t10-/m1/s1. The van der Waals surface area contributed by atoms with Crippen LogP contribution >= 0.6 is 11.3 Å². The van der Waals surface area contributed by atoms with Crippen LogP contribution in [0.3, 0.4) is 0 Å². The molecule has 0 bridgehead atoms. The zero-order chi connectivity index (χ0) is 13.1. The summed E-state index contributed by atoms with van der Waals surface area (Å²) in [5.74, 6) is 0.259. The molecule has 1 aromatic heterocycles. The van der Waals surface area contributed by atoms with Crippen molar-refractivity contribution in [1.82, 2.24) is 15.6 Å². The molecule has 0 aliphatic carbocycles. The molecule has 0 spiro atoms. The Bertz CT molecular complexity index is 542. The lowest BCUT2D eigenvalue weighted by molar-refractivity contribution is -0.125. The van der Waals surface area contributed by atoms with E-state index in [9.17, 15) is 4.79 Å². The summed E-state index contributed by atoms with van der Waals surface area (Å²) in [6.07, 6.45) is 2.07. The maximum Gasteiger partial charge on any atom is 0.224 e. The molecule has 19 heavy (non-hydrogen) atoms. The molecule has 0 saturated carbocycles. The van der Waals surface area contributed by atoms with Crippen LogP contribution in [-0.4, -0.2) is 24.0 Å². The van der Waals surface area contributed by atoms with Gasteiger partial charge in [0, 0.05) is 6.54 Å². The van der Waals surface area contributed by atoms with Gasteiger partial charge in [-0.1, -0.05) is 12.1 Å². The molecule has 3 rings (SSSR count). The summed E-state index contributed by atoms with van der Waals surface area (Å²) in [7, 11) is 0. The van der Waals surface area contributed by atoms with Gasteiger partial charge in [-0.2, -0.15) is 0 Å². The predicted molar refractivity (Wildman–Crippen MR) is 77.1 cm³/mol. The lowest BCUT2D eigenvalue weighted by Gasteiger charge is -2.21. The molecule has 1 saturated heterocycles. The second kappa shape index (κ2) is 5.67. The lowest BCUT2D eigenvalue weighted by Crippen LogP contribution is -2.40. The van der Waals surface area contributed by atoms with Crippen LogP contribution in [0, 0.1) is 5.92 Å². The highest BCUT2D eigenvalue weighted by Crippen LogP contribution is 2.21. The zero-order valence-electron chi connectivity index (χ0n) is 10.7. The van der Waals surface area contributed by atoms with Crippen molar-refractivity contribution in [2.24, 2.45) is 5.92 Å². The summed E-state index contributed by atoms with van der Waals surface area (Å²) >= 11 is 1.64. The molecule has 2 N–H and O–H groups in total. The molecular formula is C14H17N3OS. The summed E-state index contributed by atoms with van der Waals surface area (Å²) < 4.78 is 1.17. The van der Waals surface area contributed by atoms with E-state index in [1.807, 2.05) is 18.2 Å². The molecule has 0 radical (unpaired) electrons. The van der Waals surface area contributed by atoms with Crippen molar-refractivity contribution in [3.63, 3.8) is 0 Å². The monoisotopic (exact) mass is 275 g/mol. The predicted octanol–water partition coefficient (Wildman–Crippen LogP) is 1.91. The number of nitrogens with zero attached hydrogens (tertiary/aromatic N) is 1. The summed E-state index contributed by atoms with van der Waals surface area (Å²) in [4.78, 5) is 16.5. The number of carbonyl (C=O) groups excluding carboxylic acids is 1. The third kappa shape index (κ3) is 2.93. The van der Waals surface area contributed by atoms with Crippen molar-refractivity contribution in [1.29, 1.82) is 0 Å². The number of hydrogen-bond donors (Lipinski definition) is 2. The topological polar surface area (TPSA) is 54.0 Å². The molecule has 1 aliphatic rings. The van der Waals surface area contributed by atoms with Crippen molar-refractivity contribution in [3.8, 4) is 0 Å². The number of hydrogen-bond acceptors (Lipinski definition) is 4. The van der Waals surface area contributed by atoms with Gasteiger partial charge >= 0.3 is 0 Å². The minimum absolute atomic E-state index is 0.114. The van der Waals surface area contributed by atoms with Gasteiger partial charge in [-0.05, 0) is 31.5 Å². The fourth-order valence-electron chi connectivity index (χ4n) is 2.38. The van der Waals surface area contributed by atoms with Crippen LogP contribution in [0.4, 0.5) is 0 Å². The quantitative estimate of drug-likeness (QED) is 0.899. The normalized spacial score (nSPS) is 19.5. The number of para-hydroxylation sites is 1. The molecule has 1 atom stereocenters. The minimum atomic E-state index is 0.114. The molecule has 1 aliphatic heterocycles. The van der Waals surface area contributed by atoms with Gasteiger partial charge in [0.05, 0.1) is 22.7 Å². The van der Waals surface area contributed by atoms with Crippen LogP contribution < -0.4 is 10.6 Å². The van der Waals surface area contributed by atoms with Crippen LogP contribution in [-0.2, 0) is 11.3 Å². The maximum absolute atomic E-state index is 12.0. The minimum Gasteiger partial charge on any atom is -0.349 e. The van der Waals surface area contributed by atoms with E-state index >= 15 is 0 Å². The Balaban J connectivity index is 1.60. The lowest BCUT2D eigenvalue weighted by atomic mass is 9.99. The third-order valence-electron chi connectivity index (χ3n) is 3.42. The van der Waals surface area contributed by atoms with Crippen molar-refractivity contribution in [3.05, 3.63) is 29.3 Å². The van der Waals surface area contributed by atoms with E-state index in [0.29, 0.717) is 6.54 Å². The Morgan fingerprint density at radius 2 is 2.37 bits per heavy atom. The summed E-state index contributed by atoms with van der Waals surface area (Å²) in [5.41, 5.74) is 1.01. The molecule has 100 valence electrons. The third-order valence-corrected chi connectivity index (χ3v) is 4.46. The number of aromatic nitrogens is 1. The number of piperidine rings is 1. The summed E-state index contributed by atoms with van der Waals surface area (Å²) in [6.45, 7) is 2.36. The zero-order valence-corrected chi connectivity index (χ0v) is 11.5. The molecular weight excluding hydrogens is 258 g/mol. The van der Waals surface area contributed by atoms with Crippen LogP contribution in [0.15, 0.2) is 24.3 Å². The number of thiazole rings is 1. The van der Waals surface area contributed by atoms with Crippen molar-refractivity contribution in [2.45, 2.75) is 19.4 Å². The Morgan fingerprint density at radius 3 is 3.16 bits per heavy atom. The van der Waals surface area contributed by atoms with Gasteiger partial charge in [-0.25, -0.2) is 4.98 Å². The van der Waals surface area contributed by atoms with Gasteiger partial charge in [-0.3, -0.25) is 4.79 Å². The van der Waals surface area contributed by atoms with Gasteiger partial charge in [0.25, 0.3) is 0 Å². The molecule has 1 fully saturated rings. The van der Waals surface area contributed by atoms with Gasteiger partial charge in [0.1, 0.15) is 5.01 Å². The number of amides is 1. The number of carbonyl (C=O) groups is 1. The van der Waals surface area contributed by atoms with E-state index in [4.69, 9.17) is 0 Å². The molecule has 2 heterocycles. The highest BCUT2D eigenvalue weighted by Gasteiger charge is 2.20. The molecule has 4 nitrogen and oxygen atoms in total. The first-order chi connectivity index (χ1) is 9.33. The maximum atomic E-state index is 12.0. The SMILES string of the molecule is O=C(NCc1nc2ccccc2s1)[C@@H]1CCCNC1. The molecule has 1 aromatic carbocycles. The van der Waals surface area contributed by atoms with E-state index in [0.717, 1.165) is 36.5 Å². The highest BCUT2D eigenvalue weighted by atomic mass is 32.1. The van der Waals surface area contributed by atoms with E-state index < -0.39 is 0 Å². The average Bonchev–Trinajstić information content (AvgIpc) is 2.88. The van der Waals surface area contributed by atoms with Crippen LogP contribution in [0.2, 0.25) is 0 Å². The van der Waals surface area contributed by atoms with Crippen LogP contribution in [0.1, 0.15) is 17.8 Å². The van der Waals surface area contributed by atoms with E-state index in [2.05, 4.69) is 21.7 Å². The van der Waals surface area contributed by atoms with Gasteiger partial charge in [-0.15, -0.1) is 11.3 Å². The molecule has 1 amide bonds. The molecule has 0 unspecified atom stereocenters. The highest BCUT2D eigenvalue weighted by molar-refractivity contribution is 7.18. The smallest absolute Gasteiger partial charge is 0.224 e. The first kappa shape index (κ1) is 12.6.